The molecule has 9 nitrogen and oxygen atoms in total. The van der Waals surface area contributed by atoms with Crippen LogP contribution in [0.5, 0.6) is 5.75 Å². The second-order valence-corrected chi connectivity index (χ2v) is 12.4. The first-order valence-electron chi connectivity index (χ1n) is 14.7. The average molecular weight is 595 g/mol. The minimum atomic E-state index is -0.379. The number of phenolic OH excluding ortho intramolecular Hbond substituents is 1. The first-order valence-corrected chi connectivity index (χ1v) is 15.6. The quantitative estimate of drug-likeness (QED) is 0.171. The molecular weight excluding hydrogens is 560 g/mol. The van der Waals surface area contributed by atoms with E-state index in [9.17, 15) is 9.90 Å². The summed E-state index contributed by atoms with van der Waals surface area (Å²) in [5.41, 5.74) is 6.02. The van der Waals surface area contributed by atoms with Crippen LogP contribution in [0.15, 0.2) is 71.0 Å². The summed E-state index contributed by atoms with van der Waals surface area (Å²) in [4.78, 5) is 28.9. The van der Waals surface area contributed by atoms with E-state index in [0.29, 0.717) is 18.0 Å². The lowest BCUT2D eigenvalue weighted by atomic mass is 9.95. The van der Waals surface area contributed by atoms with E-state index in [2.05, 4.69) is 14.9 Å². The summed E-state index contributed by atoms with van der Waals surface area (Å²) < 4.78 is 7.75. The van der Waals surface area contributed by atoms with Gasteiger partial charge in [0.05, 0.1) is 34.6 Å². The Morgan fingerprint density at radius 1 is 1.16 bits per heavy atom. The van der Waals surface area contributed by atoms with Crippen LogP contribution in [0.1, 0.15) is 65.8 Å². The summed E-state index contributed by atoms with van der Waals surface area (Å²) in [6.07, 6.45) is 11.8. The zero-order valence-corrected chi connectivity index (χ0v) is 25.0. The maximum atomic E-state index is 13.8. The van der Waals surface area contributed by atoms with Gasteiger partial charge in [0, 0.05) is 54.6 Å². The fourth-order valence-corrected chi connectivity index (χ4v) is 7.02. The molecule has 0 spiro atoms. The highest BCUT2D eigenvalue weighted by molar-refractivity contribution is 7.13. The van der Waals surface area contributed by atoms with Gasteiger partial charge in [0.25, 0.3) is 5.91 Å². The largest absolute Gasteiger partial charge is 0.508 e. The molecular formula is C33H34N6O3S. The number of fused-ring (bicyclic) bond motifs is 2. The number of phenols is 1. The molecule has 1 aliphatic carbocycles. The van der Waals surface area contributed by atoms with Crippen molar-refractivity contribution in [3.63, 3.8) is 0 Å². The Hall–Kier alpha value is -4.57. The summed E-state index contributed by atoms with van der Waals surface area (Å²) in [5.74, 6) is 0.895. The number of nitrogens with one attached hydrogen (secondary N) is 2. The number of imidazole rings is 1. The van der Waals surface area contributed by atoms with E-state index in [1.807, 2.05) is 60.9 Å². The predicted octanol–water partition coefficient (Wildman–Crippen LogP) is 7.22. The van der Waals surface area contributed by atoms with Crippen molar-refractivity contribution in [2.24, 2.45) is 0 Å². The van der Waals surface area contributed by atoms with Crippen molar-refractivity contribution in [1.29, 1.82) is 0 Å². The van der Waals surface area contributed by atoms with Gasteiger partial charge >= 0.3 is 0 Å². The number of thiazole rings is 1. The SMILES string of the molecule is CN(C)c1nc([C@H](Cc2c[nH]c3ccc(O)cc23)NC(=O)c2ccc3c(c2)nc(-c2ccoc2)n3C2CCCCC2)cs1. The normalized spacial score (nSPS) is 14.8. The Morgan fingerprint density at radius 3 is 2.79 bits per heavy atom. The molecule has 0 saturated heterocycles. The van der Waals surface area contributed by atoms with E-state index >= 15 is 0 Å². The molecule has 4 aromatic heterocycles. The number of hydrogen-bond acceptors (Lipinski definition) is 7. The number of hydrogen-bond donors (Lipinski definition) is 3. The van der Waals surface area contributed by atoms with Crippen molar-refractivity contribution in [2.75, 3.05) is 19.0 Å². The lowest BCUT2D eigenvalue weighted by Gasteiger charge is -2.25. The molecule has 10 heteroatoms. The number of amides is 1. The van der Waals surface area contributed by atoms with Gasteiger partial charge in [0.1, 0.15) is 17.8 Å². The molecule has 1 amide bonds. The van der Waals surface area contributed by atoms with Crippen LogP contribution in [0.3, 0.4) is 0 Å². The molecule has 1 fully saturated rings. The average Bonchev–Trinajstić information content (AvgIpc) is 3.83. The van der Waals surface area contributed by atoms with Crippen LogP contribution < -0.4 is 10.2 Å². The minimum absolute atomic E-state index is 0.189. The molecule has 0 radical (unpaired) electrons. The third-order valence-electron chi connectivity index (χ3n) is 8.40. The Balaban J connectivity index is 1.23. The summed E-state index contributed by atoms with van der Waals surface area (Å²) in [5, 5.41) is 17.2. The number of carbonyl (C=O) groups is 1. The second-order valence-electron chi connectivity index (χ2n) is 11.5. The minimum Gasteiger partial charge on any atom is -0.508 e. The summed E-state index contributed by atoms with van der Waals surface area (Å²) in [6, 6.07) is 13.0. The highest BCUT2D eigenvalue weighted by atomic mass is 32.1. The molecule has 0 bridgehead atoms. The molecule has 0 aliphatic heterocycles. The van der Waals surface area contributed by atoms with Crippen molar-refractivity contribution in [3.8, 4) is 17.1 Å². The number of aromatic hydroxyl groups is 1. The molecule has 2 aromatic carbocycles. The first kappa shape index (κ1) is 27.3. The van der Waals surface area contributed by atoms with E-state index in [0.717, 1.165) is 62.6 Å². The van der Waals surface area contributed by atoms with E-state index in [1.165, 1.54) is 19.3 Å². The number of carbonyl (C=O) groups excluding carboxylic acids is 1. The van der Waals surface area contributed by atoms with E-state index in [4.69, 9.17) is 14.4 Å². The fourth-order valence-electron chi connectivity index (χ4n) is 6.21. The highest BCUT2D eigenvalue weighted by Crippen LogP contribution is 2.36. The van der Waals surface area contributed by atoms with Gasteiger partial charge in [0.2, 0.25) is 0 Å². The number of aromatic amines is 1. The molecule has 4 heterocycles. The summed E-state index contributed by atoms with van der Waals surface area (Å²) in [6.45, 7) is 0. The van der Waals surface area contributed by atoms with Crippen molar-refractivity contribution in [1.82, 2.24) is 24.8 Å². The maximum Gasteiger partial charge on any atom is 0.251 e. The zero-order valence-electron chi connectivity index (χ0n) is 24.2. The van der Waals surface area contributed by atoms with Gasteiger partial charge in [-0.1, -0.05) is 19.3 Å². The van der Waals surface area contributed by atoms with Crippen molar-refractivity contribution in [3.05, 3.63) is 83.4 Å². The van der Waals surface area contributed by atoms with Crippen LogP contribution in [-0.2, 0) is 6.42 Å². The molecule has 3 N–H and O–H groups in total. The summed E-state index contributed by atoms with van der Waals surface area (Å²) >= 11 is 1.54. The molecule has 7 rings (SSSR count). The number of aromatic nitrogens is 4. The Morgan fingerprint density at radius 2 is 2.02 bits per heavy atom. The van der Waals surface area contributed by atoms with Crippen LogP contribution in [0.25, 0.3) is 33.3 Å². The van der Waals surface area contributed by atoms with Crippen LogP contribution in [0.2, 0.25) is 0 Å². The molecule has 43 heavy (non-hydrogen) atoms. The molecule has 220 valence electrons. The molecule has 1 aliphatic rings. The Bertz CT molecular complexity index is 1890. The lowest BCUT2D eigenvalue weighted by Crippen LogP contribution is -2.30. The number of furan rings is 1. The Labute approximate surface area is 253 Å². The number of H-pyrrole nitrogens is 1. The molecule has 6 aromatic rings. The lowest BCUT2D eigenvalue weighted by molar-refractivity contribution is 0.0936. The van der Waals surface area contributed by atoms with Crippen molar-refractivity contribution in [2.45, 2.75) is 50.6 Å². The second kappa shape index (κ2) is 11.3. The fraction of sp³-hybridized carbons (Fsp3) is 0.303. The van der Waals surface area contributed by atoms with Gasteiger partial charge in [-0.2, -0.15) is 0 Å². The van der Waals surface area contributed by atoms with Gasteiger partial charge < -0.3 is 29.3 Å². The number of benzene rings is 2. The van der Waals surface area contributed by atoms with Crippen molar-refractivity contribution >= 4 is 44.3 Å². The zero-order chi connectivity index (χ0) is 29.5. The van der Waals surface area contributed by atoms with E-state index in [1.54, 1.807) is 36.0 Å². The van der Waals surface area contributed by atoms with Gasteiger partial charge in [-0.25, -0.2) is 9.97 Å². The van der Waals surface area contributed by atoms with Gasteiger partial charge in [0.15, 0.2) is 5.13 Å². The molecule has 0 unspecified atom stereocenters. The smallest absolute Gasteiger partial charge is 0.251 e. The topological polar surface area (TPSA) is 112 Å². The number of anilines is 1. The third kappa shape index (κ3) is 5.27. The highest BCUT2D eigenvalue weighted by Gasteiger charge is 2.25. The Kier molecular flexibility index (Phi) is 7.14. The summed E-state index contributed by atoms with van der Waals surface area (Å²) in [7, 11) is 3.91. The monoisotopic (exact) mass is 594 g/mol. The standard InChI is InChI=1S/C33H34N6O3S/c1-38(2)33-37-29(19-43-33)27(15-22-17-34-26-10-9-24(40)16-25(22)26)36-32(41)20-8-11-30-28(14-20)35-31(21-12-13-42-18-21)39(30)23-6-4-3-5-7-23/h8-14,16-19,23,27,34,40H,3-7,15H2,1-2H3,(H,36,41)/t27-/m0/s1. The first-order chi connectivity index (χ1) is 20.9. The van der Waals surface area contributed by atoms with Gasteiger partial charge in [-0.3, -0.25) is 4.79 Å². The van der Waals surface area contributed by atoms with Gasteiger partial charge in [-0.05, 0) is 60.9 Å². The predicted molar refractivity (Wildman–Crippen MR) is 170 cm³/mol. The number of rotatable bonds is 8. The van der Waals surface area contributed by atoms with Crippen molar-refractivity contribution < 1.29 is 14.3 Å². The van der Waals surface area contributed by atoms with Crippen LogP contribution in [0, 0.1) is 0 Å². The third-order valence-corrected chi connectivity index (χ3v) is 9.43. The maximum absolute atomic E-state index is 13.8. The number of nitrogens with zero attached hydrogens (tertiary/aromatic N) is 4. The van der Waals surface area contributed by atoms with Crippen LogP contribution in [0.4, 0.5) is 5.13 Å². The van der Waals surface area contributed by atoms with E-state index < -0.39 is 0 Å². The molecule has 1 atom stereocenters. The van der Waals surface area contributed by atoms with Crippen LogP contribution in [-0.4, -0.2) is 44.6 Å². The van der Waals surface area contributed by atoms with Crippen LogP contribution >= 0.6 is 11.3 Å². The van der Waals surface area contributed by atoms with E-state index in [-0.39, 0.29) is 17.7 Å². The molecule has 1 saturated carbocycles. The van der Waals surface area contributed by atoms with Gasteiger partial charge in [-0.15, -0.1) is 11.3 Å².